The zero-order chi connectivity index (χ0) is 12.0. The van der Waals surface area contributed by atoms with Gasteiger partial charge in [-0.05, 0) is 68.6 Å². The Bertz CT molecular complexity index is 287. The first-order valence-corrected chi connectivity index (χ1v) is 7.08. The molecule has 0 aliphatic heterocycles. The molecule has 96 valence electrons. The minimum absolute atomic E-state index is 0.115. The van der Waals surface area contributed by atoms with Gasteiger partial charge in [-0.3, -0.25) is 4.79 Å². The SMILES string of the molecule is CC(NCC(=O)O)C1C2CC3CC(C2)CC1C3. The second kappa shape index (κ2) is 4.27. The average Bonchev–Trinajstić information content (AvgIpc) is 2.24. The molecule has 0 aromatic rings. The second-order valence-electron chi connectivity index (χ2n) is 6.57. The van der Waals surface area contributed by atoms with Crippen molar-refractivity contribution in [2.24, 2.45) is 29.6 Å². The molecule has 4 rings (SSSR count). The topological polar surface area (TPSA) is 49.3 Å². The van der Waals surface area contributed by atoms with Gasteiger partial charge >= 0.3 is 5.97 Å². The van der Waals surface area contributed by atoms with E-state index in [-0.39, 0.29) is 6.54 Å². The minimum Gasteiger partial charge on any atom is -0.480 e. The smallest absolute Gasteiger partial charge is 0.317 e. The molecule has 0 saturated heterocycles. The normalized spacial score (nSPS) is 44.9. The molecule has 3 nitrogen and oxygen atoms in total. The van der Waals surface area contributed by atoms with E-state index in [2.05, 4.69) is 12.2 Å². The molecule has 4 saturated carbocycles. The van der Waals surface area contributed by atoms with E-state index in [4.69, 9.17) is 5.11 Å². The lowest BCUT2D eigenvalue weighted by Gasteiger charge is -2.56. The third-order valence-corrected chi connectivity index (χ3v) is 5.45. The van der Waals surface area contributed by atoms with Crippen LogP contribution in [0.5, 0.6) is 0 Å². The highest BCUT2D eigenvalue weighted by Gasteiger charge is 2.49. The molecule has 1 atom stereocenters. The Morgan fingerprint density at radius 2 is 1.71 bits per heavy atom. The first-order valence-electron chi connectivity index (χ1n) is 7.08. The minimum atomic E-state index is -0.735. The first kappa shape index (κ1) is 11.5. The number of aliphatic carboxylic acids is 1. The van der Waals surface area contributed by atoms with Crippen LogP contribution < -0.4 is 5.32 Å². The Labute approximate surface area is 103 Å². The molecule has 0 aromatic carbocycles. The molecule has 2 N–H and O–H groups in total. The zero-order valence-electron chi connectivity index (χ0n) is 10.6. The van der Waals surface area contributed by atoms with Gasteiger partial charge in [0.2, 0.25) is 0 Å². The lowest BCUT2D eigenvalue weighted by molar-refractivity contribution is -0.136. The molecule has 4 fully saturated rings. The summed E-state index contributed by atoms with van der Waals surface area (Å²) in [6, 6.07) is 0.376. The number of hydrogen-bond acceptors (Lipinski definition) is 2. The van der Waals surface area contributed by atoms with Crippen molar-refractivity contribution in [2.45, 2.75) is 45.1 Å². The van der Waals surface area contributed by atoms with E-state index in [0.29, 0.717) is 6.04 Å². The third kappa shape index (κ3) is 2.10. The van der Waals surface area contributed by atoms with Crippen molar-refractivity contribution in [2.75, 3.05) is 6.54 Å². The molecule has 0 aromatic heterocycles. The van der Waals surface area contributed by atoms with Gasteiger partial charge in [0, 0.05) is 6.04 Å². The maximum atomic E-state index is 10.6. The lowest BCUT2D eigenvalue weighted by Crippen LogP contribution is -2.52. The summed E-state index contributed by atoms with van der Waals surface area (Å²) in [4.78, 5) is 10.6. The average molecular weight is 237 g/mol. The summed E-state index contributed by atoms with van der Waals surface area (Å²) in [5.74, 6) is 3.76. The van der Waals surface area contributed by atoms with Crippen molar-refractivity contribution < 1.29 is 9.90 Å². The molecular formula is C14H23NO2. The maximum Gasteiger partial charge on any atom is 0.317 e. The van der Waals surface area contributed by atoms with Crippen molar-refractivity contribution in [3.63, 3.8) is 0 Å². The summed E-state index contributed by atoms with van der Waals surface area (Å²) in [6.45, 7) is 2.31. The van der Waals surface area contributed by atoms with E-state index in [0.717, 1.165) is 29.6 Å². The quantitative estimate of drug-likeness (QED) is 0.787. The van der Waals surface area contributed by atoms with E-state index >= 15 is 0 Å². The fourth-order valence-electron chi connectivity index (χ4n) is 5.17. The summed E-state index contributed by atoms with van der Waals surface area (Å²) >= 11 is 0. The van der Waals surface area contributed by atoms with Gasteiger partial charge in [0.15, 0.2) is 0 Å². The summed E-state index contributed by atoms with van der Waals surface area (Å²) in [6.07, 6.45) is 7.14. The molecule has 17 heavy (non-hydrogen) atoms. The summed E-state index contributed by atoms with van der Waals surface area (Å²) in [5, 5.41) is 12.0. The van der Waals surface area contributed by atoms with Crippen LogP contribution in [0, 0.1) is 29.6 Å². The van der Waals surface area contributed by atoms with Crippen LogP contribution in [-0.4, -0.2) is 23.7 Å². The Morgan fingerprint density at radius 1 is 1.18 bits per heavy atom. The number of carboxylic acid groups (broad SMARTS) is 1. The predicted octanol–water partition coefficient (Wildman–Crippen LogP) is 2.12. The molecular weight excluding hydrogens is 214 g/mol. The monoisotopic (exact) mass is 237 g/mol. The van der Waals surface area contributed by atoms with Crippen LogP contribution in [0.25, 0.3) is 0 Å². The zero-order valence-corrected chi connectivity index (χ0v) is 10.6. The van der Waals surface area contributed by atoms with Crippen LogP contribution in [0.2, 0.25) is 0 Å². The fraction of sp³-hybridized carbons (Fsp3) is 0.929. The Balaban J connectivity index is 1.65. The van der Waals surface area contributed by atoms with Crippen LogP contribution in [0.15, 0.2) is 0 Å². The second-order valence-corrected chi connectivity index (χ2v) is 6.57. The lowest BCUT2D eigenvalue weighted by atomic mass is 9.50. The van der Waals surface area contributed by atoms with Crippen molar-refractivity contribution in [3.05, 3.63) is 0 Å². The van der Waals surface area contributed by atoms with Gasteiger partial charge in [0.05, 0.1) is 6.54 Å². The summed E-state index contributed by atoms with van der Waals surface area (Å²) in [5.41, 5.74) is 0. The van der Waals surface area contributed by atoms with E-state index in [9.17, 15) is 4.79 Å². The fourth-order valence-corrected chi connectivity index (χ4v) is 5.17. The van der Waals surface area contributed by atoms with E-state index in [1.54, 1.807) is 0 Å². The number of hydrogen-bond donors (Lipinski definition) is 2. The van der Waals surface area contributed by atoms with Crippen molar-refractivity contribution in [3.8, 4) is 0 Å². The molecule has 4 aliphatic carbocycles. The first-order chi connectivity index (χ1) is 8.13. The van der Waals surface area contributed by atoms with E-state index in [1.165, 1.54) is 32.1 Å². The van der Waals surface area contributed by atoms with Gasteiger partial charge in [-0.2, -0.15) is 0 Å². The number of carboxylic acids is 1. The van der Waals surface area contributed by atoms with Gasteiger partial charge in [0.25, 0.3) is 0 Å². The van der Waals surface area contributed by atoms with Gasteiger partial charge < -0.3 is 10.4 Å². The number of rotatable bonds is 4. The summed E-state index contributed by atoms with van der Waals surface area (Å²) < 4.78 is 0. The molecule has 1 unspecified atom stereocenters. The van der Waals surface area contributed by atoms with Crippen molar-refractivity contribution in [1.82, 2.24) is 5.32 Å². The molecule has 0 amide bonds. The highest BCUT2D eigenvalue weighted by atomic mass is 16.4. The number of nitrogens with one attached hydrogen (secondary N) is 1. The standard InChI is InChI=1S/C14H23NO2/c1-8(15-7-13(16)17)14-11-3-9-2-10(5-11)6-12(14)4-9/h8-12,14-15H,2-7H2,1H3,(H,16,17). The highest BCUT2D eigenvalue weighted by molar-refractivity contribution is 5.69. The molecule has 0 heterocycles. The third-order valence-electron chi connectivity index (χ3n) is 5.45. The molecule has 0 spiro atoms. The van der Waals surface area contributed by atoms with Gasteiger partial charge in [-0.1, -0.05) is 0 Å². The molecule has 4 bridgehead atoms. The van der Waals surface area contributed by atoms with E-state index in [1.807, 2.05) is 0 Å². The number of carbonyl (C=O) groups is 1. The largest absolute Gasteiger partial charge is 0.480 e. The van der Waals surface area contributed by atoms with Gasteiger partial charge in [0.1, 0.15) is 0 Å². The van der Waals surface area contributed by atoms with Crippen molar-refractivity contribution >= 4 is 5.97 Å². The van der Waals surface area contributed by atoms with E-state index < -0.39 is 5.97 Å². The van der Waals surface area contributed by atoms with Gasteiger partial charge in [-0.15, -0.1) is 0 Å². The van der Waals surface area contributed by atoms with Crippen LogP contribution in [0.4, 0.5) is 0 Å². The Kier molecular flexibility index (Phi) is 2.89. The van der Waals surface area contributed by atoms with Gasteiger partial charge in [-0.25, -0.2) is 0 Å². The molecule has 0 radical (unpaired) electrons. The maximum absolute atomic E-state index is 10.6. The Morgan fingerprint density at radius 3 is 2.18 bits per heavy atom. The van der Waals surface area contributed by atoms with Crippen LogP contribution >= 0.6 is 0 Å². The summed E-state index contributed by atoms with van der Waals surface area (Å²) in [7, 11) is 0. The van der Waals surface area contributed by atoms with Crippen LogP contribution in [-0.2, 0) is 4.79 Å². The van der Waals surface area contributed by atoms with Crippen LogP contribution in [0.1, 0.15) is 39.0 Å². The molecule has 3 heteroatoms. The Hall–Kier alpha value is -0.570. The highest BCUT2D eigenvalue weighted by Crippen LogP contribution is 2.57. The van der Waals surface area contributed by atoms with Crippen molar-refractivity contribution in [1.29, 1.82) is 0 Å². The molecule has 4 aliphatic rings. The van der Waals surface area contributed by atoms with Crippen LogP contribution in [0.3, 0.4) is 0 Å². The predicted molar refractivity (Wildman–Crippen MR) is 65.6 cm³/mol.